The molecule has 0 aromatic heterocycles. The van der Waals surface area contributed by atoms with Crippen molar-refractivity contribution in [3.05, 3.63) is 12.2 Å². The molecule has 0 spiro atoms. The van der Waals surface area contributed by atoms with E-state index in [9.17, 15) is 14.7 Å². The number of hydrogen-bond donors (Lipinski definition) is 2. The molecule has 0 radical (unpaired) electrons. The van der Waals surface area contributed by atoms with Gasteiger partial charge in [0.2, 0.25) is 0 Å². The molecule has 0 aromatic carbocycles. The maximum absolute atomic E-state index is 11.6. The van der Waals surface area contributed by atoms with Crippen LogP contribution in [0.5, 0.6) is 0 Å². The largest absolute Gasteiger partial charge is 0.481 e. The van der Waals surface area contributed by atoms with Crippen LogP contribution in [-0.2, 0) is 9.59 Å². The lowest BCUT2D eigenvalue weighted by atomic mass is 9.75. The Balaban J connectivity index is 2.27. The molecule has 3 atom stereocenters. The lowest BCUT2D eigenvalue weighted by Crippen LogP contribution is -2.28. The second-order valence-electron chi connectivity index (χ2n) is 7.54. The topological polar surface area (TPSA) is 74.6 Å². The number of allylic oxidation sites excluding steroid dienone is 2. The van der Waals surface area contributed by atoms with Crippen molar-refractivity contribution in [3.63, 3.8) is 0 Å². The monoisotopic (exact) mass is 352 g/mol. The molecule has 0 aromatic rings. The first-order valence-corrected chi connectivity index (χ1v) is 10.2. The molecule has 1 aliphatic carbocycles. The second kappa shape index (κ2) is 13.0. The normalized spacial score (nSPS) is 22.8. The number of unbranched alkanes of at least 4 members (excludes halogenated alkanes) is 7. The number of rotatable bonds is 14. The van der Waals surface area contributed by atoms with Crippen molar-refractivity contribution in [2.75, 3.05) is 0 Å². The molecule has 0 fully saturated rings. The van der Waals surface area contributed by atoms with Crippen LogP contribution in [0.15, 0.2) is 12.2 Å². The Bertz CT molecular complexity index is 416. The molecule has 4 heteroatoms. The summed E-state index contributed by atoms with van der Waals surface area (Å²) in [6.07, 6.45) is 17.3. The van der Waals surface area contributed by atoms with Crippen molar-refractivity contribution in [1.29, 1.82) is 0 Å². The summed E-state index contributed by atoms with van der Waals surface area (Å²) >= 11 is 0. The van der Waals surface area contributed by atoms with Crippen molar-refractivity contribution >= 4 is 11.9 Å². The van der Waals surface area contributed by atoms with Gasteiger partial charge in [-0.05, 0) is 37.5 Å². The third kappa shape index (κ3) is 9.66. The zero-order valence-electron chi connectivity index (χ0n) is 15.8. The minimum absolute atomic E-state index is 0.170. The maximum Gasteiger partial charge on any atom is 0.307 e. The van der Waals surface area contributed by atoms with Gasteiger partial charge >= 0.3 is 11.9 Å². The first kappa shape index (κ1) is 21.7. The summed E-state index contributed by atoms with van der Waals surface area (Å²) in [6, 6.07) is 0. The molecule has 2 N–H and O–H groups in total. The van der Waals surface area contributed by atoms with Crippen molar-refractivity contribution in [2.45, 2.75) is 90.4 Å². The average Bonchev–Trinajstić information content (AvgIpc) is 2.58. The predicted octanol–water partition coefficient (Wildman–Crippen LogP) is 5.67. The summed E-state index contributed by atoms with van der Waals surface area (Å²) in [5.41, 5.74) is 0. The minimum Gasteiger partial charge on any atom is -0.481 e. The van der Waals surface area contributed by atoms with Gasteiger partial charge in [-0.1, -0.05) is 70.4 Å². The number of carboxylic acid groups (broad SMARTS) is 2. The van der Waals surface area contributed by atoms with Gasteiger partial charge in [0.05, 0.1) is 5.92 Å². The molecule has 0 amide bonds. The number of aliphatic carboxylic acids is 2. The predicted molar refractivity (Wildman–Crippen MR) is 101 cm³/mol. The summed E-state index contributed by atoms with van der Waals surface area (Å²) in [5, 5.41) is 18.2. The molecule has 1 rings (SSSR count). The fourth-order valence-electron chi connectivity index (χ4n) is 3.83. The summed E-state index contributed by atoms with van der Waals surface area (Å²) in [6.45, 7) is 2.21. The van der Waals surface area contributed by atoms with Crippen LogP contribution in [-0.4, -0.2) is 22.2 Å². The molecule has 144 valence electrons. The number of carboxylic acids is 2. The van der Waals surface area contributed by atoms with Gasteiger partial charge in [0.15, 0.2) is 0 Å². The van der Waals surface area contributed by atoms with Crippen LogP contribution in [0.3, 0.4) is 0 Å². The van der Waals surface area contributed by atoms with Gasteiger partial charge < -0.3 is 10.2 Å². The highest BCUT2D eigenvalue weighted by molar-refractivity contribution is 5.71. The zero-order valence-corrected chi connectivity index (χ0v) is 15.8. The molecule has 25 heavy (non-hydrogen) atoms. The van der Waals surface area contributed by atoms with Crippen LogP contribution < -0.4 is 0 Å². The lowest BCUT2D eigenvalue weighted by Gasteiger charge is -2.29. The molecule has 0 saturated carbocycles. The van der Waals surface area contributed by atoms with Crippen LogP contribution >= 0.6 is 0 Å². The van der Waals surface area contributed by atoms with Crippen molar-refractivity contribution in [2.24, 2.45) is 17.8 Å². The van der Waals surface area contributed by atoms with Crippen molar-refractivity contribution in [1.82, 2.24) is 0 Å². The molecule has 4 nitrogen and oxygen atoms in total. The van der Waals surface area contributed by atoms with Gasteiger partial charge in [0.1, 0.15) is 0 Å². The van der Waals surface area contributed by atoms with Gasteiger partial charge in [0.25, 0.3) is 0 Å². The standard InChI is InChI=1S/C21H36O4/c1-2-3-4-8-11-17-14-15-18(19(16-17)21(24)25)12-9-6-5-7-10-13-20(22)23/h14-15,17-19H,2-13,16H2,1H3,(H,22,23)(H,24,25). The van der Waals surface area contributed by atoms with Crippen LogP contribution in [0.4, 0.5) is 0 Å². The summed E-state index contributed by atoms with van der Waals surface area (Å²) in [4.78, 5) is 22.1. The highest BCUT2D eigenvalue weighted by Gasteiger charge is 2.31. The quantitative estimate of drug-likeness (QED) is 0.312. The van der Waals surface area contributed by atoms with E-state index >= 15 is 0 Å². The van der Waals surface area contributed by atoms with Gasteiger partial charge in [0, 0.05) is 6.42 Å². The highest BCUT2D eigenvalue weighted by Crippen LogP contribution is 2.34. The maximum atomic E-state index is 11.6. The van der Waals surface area contributed by atoms with Crippen molar-refractivity contribution < 1.29 is 19.8 Å². The molecule has 3 unspecified atom stereocenters. The van der Waals surface area contributed by atoms with Crippen LogP contribution in [0.2, 0.25) is 0 Å². The average molecular weight is 353 g/mol. The smallest absolute Gasteiger partial charge is 0.307 e. The Labute approximate surface area is 152 Å². The number of carbonyl (C=O) groups is 2. The molecular weight excluding hydrogens is 316 g/mol. The molecule has 0 heterocycles. The van der Waals surface area contributed by atoms with Gasteiger partial charge in [-0.25, -0.2) is 0 Å². The minimum atomic E-state index is -0.721. The van der Waals surface area contributed by atoms with E-state index in [1.165, 1.54) is 25.7 Å². The Kier molecular flexibility index (Phi) is 11.3. The van der Waals surface area contributed by atoms with E-state index in [4.69, 9.17) is 5.11 Å². The van der Waals surface area contributed by atoms with Gasteiger partial charge in [-0.3, -0.25) is 9.59 Å². The summed E-state index contributed by atoms with van der Waals surface area (Å²) < 4.78 is 0. The van der Waals surface area contributed by atoms with E-state index in [-0.39, 0.29) is 18.3 Å². The Morgan fingerprint density at radius 1 is 0.880 bits per heavy atom. The fourth-order valence-corrected chi connectivity index (χ4v) is 3.83. The van der Waals surface area contributed by atoms with Crippen LogP contribution in [0.25, 0.3) is 0 Å². The molecule has 1 aliphatic rings. The Morgan fingerprint density at radius 3 is 2.20 bits per heavy atom. The van der Waals surface area contributed by atoms with Crippen molar-refractivity contribution in [3.8, 4) is 0 Å². The van der Waals surface area contributed by atoms with E-state index in [1.54, 1.807) is 0 Å². The summed E-state index contributed by atoms with van der Waals surface area (Å²) in [7, 11) is 0. The van der Waals surface area contributed by atoms with E-state index in [1.807, 2.05) is 0 Å². The van der Waals surface area contributed by atoms with Gasteiger partial charge in [-0.15, -0.1) is 0 Å². The first-order chi connectivity index (χ1) is 12.0. The SMILES string of the molecule is CCCCCCC1C=CC(CCCCCCCC(=O)O)C(C(=O)O)C1. The first-order valence-electron chi connectivity index (χ1n) is 10.2. The number of hydrogen-bond acceptors (Lipinski definition) is 2. The lowest BCUT2D eigenvalue weighted by molar-refractivity contribution is -0.144. The van der Waals surface area contributed by atoms with Gasteiger partial charge in [-0.2, -0.15) is 0 Å². The second-order valence-corrected chi connectivity index (χ2v) is 7.54. The molecular formula is C21H36O4. The van der Waals surface area contributed by atoms with Crippen LogP contribution in [0, 0.1) is 17.8 Å². The Morgan fingerprint density at radius 2 is 1.52 bits per heavy atom. The third-order valence-corrected chi connectivity index (χ3v) is 5.38. The third-order valence-electron chi connectivity index (χ3n) is 5.38. The Hall–Kier alpha value is -1.32. The van der Waals surface area contributed by atoms with E-state index < -0.39 is 11.9 Å². The van der Waals surface area contributed by atoms with E-state index in [0.29, 0.717) is 5.92 Å². The molecule has 0 aliphatic heterocycles. The van der Waals surface area contributed by atoms with E-state index in [2.05, 4.69) is 19.1 Å². The molecule has 0 bridgehead atoms. The zero-order chi connectivity index (χ0) is 18.5. The summed E-state index contributed by atoms with van der Waals surface area (Å²) in [5.74, 6) is -0.989. The molecule has 0 saturated heterocycles. The fraction of sp³-hybridized carbons (Fsp3) is 0.810. The van der Waals surface area contributed by atoms with Crippen LogP contribution in [0.1, 0.15) is 90.4 Å². The highest BCUT2D eigenvalue weighted by atomic mass is 16.4. The van der Waals surface area contributed by atoms with E-state index in [0.717, 1.165) is 51.4 Å².